The molecule has 0 N–H and O–H groups in total. The van der Waals surface area contributed by atoms with Crippen LogP contribution in [0.3, 0.4) is 0 Å². The first kappa shape index (κ1) is 10.2. The van der Waals surface area contributed by atoms with Gasteiger partial charge in [0.2, 0.25) is 0 Å². The fourth-order valence-electron chi connectivity index (χ4n) is 0.867. The first-order valence-electron chi connectivity index (χ1n) is 4.33. The summed E-state index contributed by atoms with van der Waals surface area (Å²) in [6.07, 6.45) is 1.90. The molecule has 1 aromatic rings. The molecule has 0 aliphatic rings. The third kappa shape index (κ3) is 3.55. The van der Waals surface area contributed by atoms with Crippen molar-refractivity contribution in [2.24, 2.45) is 0 Å². The molecule has 0 aliphatic carbocycles. The van der Waals surface area contributed by atoms with Crippen LogP contribution in [0.1, 0.15) is 19.4 Å². The molecule has 1 unspecified atom stereocenters. The minimum absolute atomic E-state index is 0.194. The van der Waals surface area contributed by atoms with Crippen molar-refractivity contribution < 1.29 is 4.21 Å². The van der Waals surface area contributed by atoms with Crippen molar-refractivity contribution in [2.45, 2.75) is 19.1 Å². The smallest absolute Gasteiger partial charge is 0.0481 e. The van der Waals surface area contributed by atoms with E-state index >= 15 is 0 Å². The van der Waals surface area contributed by atoms with Crippen LogP contribution in [0, 0.1) is 0 Å². The van der Waals surface area contributed by atoms with E-state index in [-0.39, 0.29) is 5.25 Å². The summed E-state index contributed by atoms with van der Waals surface area (Å²) in [5.41, 5.74) is 1.09. The van der Waals surface area contributed by atoms with Gasteiger partial charge in [0, 0.05) is 21.5 Å². The average Bonchev–Trinajstić information content (AvgIpc) is 2.15. The van der Waals surface area contributed by atoms with E-state index < -0.39 is 10.8 Å². The van der Waals surface area contributed by atoms with Crippen molar-refractivity contribution in [1.29, 1.82) is 0 Å². The molecule has 0 amide bonds. The monoisotopic (exact) mass is 194 g/mol. The summed E-state index contributed by atoms with van der Waals surface area (Å²) in [6, 6.07) is 9.90. The van der Waals surface area contributed by atoms with E-state index in [4.69, 9.17) is 0 Å². The van der Waals surface area contributed by atoms with Gasteiger partial charge in [0.25, 0.3) is 0 Å². The maximum Gasteiger partial charge on any atom is 0.0481 e. The maximum atomic E-state index is 11.3. The van der Waals surface area contributed by atoms with Crippen LogP contribution in [-0.2, 0) is 10.8 Å². The molecule has 2 heteroatoms. The van der Waals surface area contributed by atoms with Gasteiger partial charge in [-0.05, 0) is 11.6 Å². The van der Waals surface area contributed by atoms with Gasteiger partial charge in [-0.3, -0.25) is 4.21 Å². The highest BCUT2D eigenvalue weighted by atomic mass is 32.2. The van der Waals surface area contributed by atoms with Gasteiger partial charge in [-0.15, -0.1) is 0 Å². The molecule has 0 fully saturated rings. The third-order valence-corrected chi connectivity index (χ3v) is 2.99. The van der Waals surface area contributed by atoms with Crippen LogP contribution in [0.15, 0.2) is 35.7 Å². The Hall–Kier alpha value is -0.890. The van der Waals surface area contributed by atoms with E-state index in [1.165, 1.54) is 0 Å². The maximum absolute atomic E-state index is 11.3. The Morgan fingerprint density at radius 1 is 1.23 bits per heavy atom. The zero-order valence-corrected chi connectivity index (χ0v) is 8.75. The Bertz CT molecular complexity index is 301. The van der Waals surface area contributed by atoms with Crippen LogP contribution in [0.2, 0.25) is 0 Å². The highest BCUT2D eigenvalue weighted by Crippen LogP contribution is 2.04. The molecule has 0 aliphatic heterocycles. The van der Waals surface area contributed by atoms with E-state index in [9.17, 15) is 4.21 Å². The number of hydrogen-bond donors (Lipinski definition) is 0. The van der Waals surface area contributed by atoms with Crippen LogP contribution < -0.4 is 0 Å². The first-order chi connectivity index (χ1) is 6.20. The summed E-state index contributed by atoms with van der Waals surface area (Å²) in [4.78, 5) is 0. The van der Waals surface area contributed by atoms with Gasteiger partial charge in [-0.1, -0.05) is 44.2 Å². The topological polar surface area (TPSA) is 17.1 Å². The predicted octanol–water partition coefficient (Wildman–Crippen LogP) is 2.81. The molecule has 1 atom stereocenters. The van der Waals surface area contributed by atoms with Crippen molar-refractivity contribution in [3.05, 3.63) is 41.3 Å². The van der Waals surface area contributed by atoms with E-state index in [0.717, 1.165) is 5.56 Å². The number of hydrogen-bond acceptors (Lipinski definition) is 1. The summed E-state index contributed by atoms with van der Waals surface area (Å²) < 4.78 is 11.3. The molecule has 0 bridgehead atoms. The van der Waals surface area contributed by atoms with Crippen molar-refractivity contribution in [3.8, 4) is 0 Å². The Kier molecular flexibility index (Phi) is 3.90. The van der Waals surface area contributed by atoms with Gasteiger partial charge < -0.3 is 0 Å². The normalized spacial score (nSPS) is 13.8. The second-order valence-corrected chi connectivity index (χ2v) is 4.96. The largest absolute Gasteiger partial charge is 0.255 e. The van der Waals surface area contributed by atoms with Gasteiger partial charge in [0.1, 0.15) is 0 Å². The lowest BCUT2D eigenvalue weighted by Gasteiger charge is -1.97. The van der Waals surface area contributed by atoms with Crippen LogP contribution >= 0.6 is 0 Å². The molecule has 70 valence electrons. The zero-order chi connectivity index (χ0) is 9.68. The molecular formula is C11H14OS. The minimum Gasteiger partial charge on any atom is -0.255 e. The van der Waals surface area contributed by atoms with E-state index in [2.05, 4.69) is 0 Å². The Morgan fingerprint density at radius 2 is 1.85 bits per heavy atom. The lowest BCUT2D eigenvalue weighted by Crippen LogP contribution is -2.00. The summed E-state index contributed by atoms with van der Waals surface area (Å²) in [7, 11) is -0.853. The highest BCUT2D eigenvalue weighted by Gasteiger charge is 1.98. The second kappa shape index (κ2) is 4.97. The lowest BCUT2D eigenvalue weighted by atomic mass is 10.2. The van der Waals surface area contributed by atoms with Gasteiger partial charge in [0.15, 0.2) is 0 Å². The zero-order valence-electron chi connectivity index (χ0n) is 7.94. The van der Waals surface area contributed by atoms with Crippen LogP contribution in [0.4, 0.5) is 0 Å². The second-order valence-electron chi connectivity index (χ2n) is 3.09. The Labute approximate surface area is 81.9 Å². The quantitative estimate of drug-likeness (QED) is 0.723. The fourth-order valence-corrected chi connectivity index (χ4v) is 1.47. The van der Waals surface area contributed by atoms with Crippen LogP contribution in [0.25, 0.3) is 6.08 Å². The fraction of sp³-hybridized carbons (Fsp3) is 0.273. The molecular weight excluding hydrogens is 180 g/mol. The van der Waals surface area contributed by atoms with Gasteiger partial charge in [0.05, 0.1) is 0 Å². The summed E-state index contributed by atoms with van der Waals surface area (Å²) in [5.74, 6) is 0. The summed E-state index contributed by atoms with van der Waals surface area (Å²) >= 11 is 0. The molecule has 1 rings (SSSR count). The Balaban J connectivity index is 2.64. The molecule has 1 aromatic carbocycles. The molecule has 0 aromatic heterocycles. The molecule has 0 radical (unpaired) electrons. The lowest BCUT2D eigenvalue weighted by molar-refractivity contribution is 0.682. The highest BCUT2D eigenvalue weighted by molar-refractivity contribution is 7.88. The van der Waals surface area contributed by atoms with E-state index in [1.807, 2.05) is 50.3 Å². The Morgan fingerprint density at radius 3 is 2.38 bits per heavy atom. The first-order valence-corrected chi connectivity index (χ1v) is 5.60. The third-order valence-electron chi connectivity index (χ3n) is 1.66. The van der Waals surface area contributed by atoms with Crippen LogP contribution in [0.5, 0.6) is 0 Å². The van der Waals surface area contributed by atoms with Crippen molar-refractivity contribution in [3.63, 3.8) is 0 Å². The predicted molar refractivity (Wildman–Crippen MR) is 58.8 cm³/mol. The number of benzene rings is 1. The number of rotatable bonds is 3. The van der Waals surface area contributed by atoms with Gasteiger partial charge >= 0.3 is 0 Å². The molecule has 0 saturated heterocycles. The van der Waals surface area contributed by atoms with Gasteiger partial charge in [-0.25, -0.2) is 0 Å². The molecule has 0 heterocycles. The van der Waals surface area contributed by atoms with Crippen LogP contribution in [-0.4, -0.2) is 9.46 Å². The molecule has 0 saturated carbocycles. The standard InChI is InChI=1S/C11H14OS/c1-10(2)13(12)9-8-11-6-4-3-5-7-11/h3-10H,1-2H3/b9-8-. The molecule has 0 spiro atoms. The van der Waals surface area contributed by atoms with Crippen molar-refractivity contribution in [2.75, 3.05) is 0 Å². The van der Waals surface area contributed by atoms with E-state index in [1.54, 1.807) is 5.41 Å². The SMILES string of the molecule is CC(C)S(=O)/C=C\c1ccccc1. The van der Waals surface area contributed by atoms with Crippen molar-refractivity contribution >= 4 is 16.9 Å². The molecule has 1 nitrogen and oxygen atoms in total. The van der Waals surface area contributed by atoms with Crippen molar-refractivity contribution in [1.82, 2.24) is 0 Å². The van der Waals surface area contributed by atoms with E-state index in [0.29, 0.717) is 0 Å². The minimum atomic E-state index is -0.853. The summed E-state index contributed by atoms with van der Waals surface area (Å²) in [6.45, 7) is 3.90. The van der Waals surface area contributed by atoms with Gasteiger partial charge in [-0.2, -0.15) is 0 Å². The average molecular weight is 194 g/mol. The summed E-state index contributed by atoms with van der Waals surface area (Å²) in [5, 5.41) is 1.94. The molecule has 13 heavy (non-hydrogen) atoms.